The smallest absolute Gasteiger partial charge is 0.305 e. The molecule has 1 N–H and O–H groups in total. The monoisotopic (exact) mass is 331 g/mol. The second-order valence-corrected chi connectivity index (χ2v) is 5.08. The molecule has 0 aliphatic carbocycles. The van der Waals surface area contributed by atoms with Crippen LogP contribution in [-0.4, -0.2) is 19.1 Å². The van der Waals surface area contributed by atoms with Gasteiger partial charge in [0.1, 0.15) is 5.82 Å². The zero-order valence-electron chi connectivity index (χ0n) is 11.0. The van der Waals surface area contributed by atoms with Gasteiger partial charge in [0.05, 0.1) is 12.3 Å². The number of ether oxygens (including phenoxy) is 1. The van der Waals surface area contributed by atoms with Crippen molar-refractivity contribution in [3.05, 3.63) is 28.5 Å². The molecule has 0 amide bonds. The van der Waals surface area contributed by atoms with Gasteiger partial charge in [-0.15, -0.1) is 0 Å². The van der Waals surface area contributed by atoms with E-state index in [0.717, 1.165) is 23.7 Å². The molecule has 0 aromatic heterocycles. The highest BCUT2D eigenvalue weighted by Gasteiger charge is 2.03. The predicted molar refractivity (Wildman–Crippen MR) is 77.7 cm³/mol. The van der Waals surface area contributed by atoms with Crippen LogP contribution in [0.5, 0.6) is 0 Å². The highest BCUT2D eigenvalue weighted by Crippen LogP contribution is 2.20. The average Bonchev–Trinajstić information content (AvgIpc) is 2.38. The van der Waals surface area contributed by atoms with E-state index in [1.54, 1.807) is 19.1 Å². The van der Waals surface area contributed by atoms with E-state index in [0.29, 0.717) is 25.3 Å². The Kier molecular flexibility index (Phi) is 7.48. The second kappa shape index (κ2) is 8.91. The molecule has 0 saturated heterocycles. The third-order valence-electron chi connectivity index (χ3n) is 2.61. The fourth-order valence-electron chi connectivity index (χ4n) is 1.66. The first-order chi connectivity index (χ1) is 9.13. The minimum atomic E-state index is -0.255. The molecule has 1 rings (SSSR count). The van der Waals surface area contributed by atoms with E-state index >= 15 is 0 Å². The van der Waals surface area contributed by atoms with Crippen molar-refractivity contribution in [3.63, 3.8) is 0 Å². The third kappa shape index (κ3) is 6.57. The van der Waals surface area contributed by atoms with Crippen LogP contribution < -0.4 is 5.32 Å². The molecule has 0 aliphatic rings. The lowest BCUT2D eigenvalue weighted by Crippen LogP contribution is -2.05. The van der Waals surface area contributed by atoms with Crippen molar-refractivity contribution < 1.29 is 13.9 Å². The van der Waals surface area contributed by atoms with Gasteiger partial charge in [0.15, 0.2) is 0 Å². The van der Waals surface area contributed by atoms with Gasteiger partial charge in [-0.3, -0.25) is 4.79 Å². The Morgan fingerprint density at radius 1 is 1.37 bits per heavy atom. The Bertz CT molecular complexity index is 412. The average molecular weight is 332 g/mol. The summed E-state index contributed by atoms with van der Waals surface area (Å²) in [6.45, 7) is 2.92. The topological polar surface area (TPSA) is 38.3 Å². The van der Waals surface area contributed by atoms with Gasteiger partial charge in [-0.2, -0.15) is 0 Å². The Morgan fingerprint density at radius 3 is 2.89 bits per heavy atom. The number of carbonyl (C=O) groups excluding carboxylic acids is 1. The molecule has 0 unspecified atom stereocenters. The number of nitrogens with one attached hydrogen (secondary N) is 1. The van der Waals surface area contributed by atoms with Crippen LogP contribution in [-0.2, 0) is 9.53 Å². The molecule has 19 heavy (non-hydrogen) atoms. The van der Waals surface area contributed by atoms with Gasteiger partial charge in [0.2, 0.25) is 0 Å². The first-order valence-electron chi connectivity index (χ1n) is 6.48. The highest BCUT2D eigenvalue weighted by atomic mass is 79.9. The summed E-state index contributed by atoms with van der Waals surface area (Å²) in [4.78, 5) is 11.1. The number of hydrogen-bond acceptors (Lipinski definition) is 3. The Balaban J connectivity index is 2.14. The molecular weight excluding hydrogens is 313 g/mol. The van der Waals surface area contributed by atoms with E-state index < -0.39 is 0 Å². The first kappa shape index (κ1) is 16.0. The third-order valence-corrected chi connectivity index (χ3v) is 3.10. The van der Waals surface area contributed by atoms with Crippen LogP contribution in [0.1, 0.15) is 32.6 Å². The molecule has 5 heteroatoms. The zero-order valence-corrected chi connectivity index (χ0v) is 12.6. The molecule has 0 heterocycles. The summed E-state index contributed by atoms with van der Waals surface area (Å²) in [5, 5.41) is 3.05. The van der Waals surface area contributed by atoms with Crippen LogP contribution in [0.2, 0.25) is 0 Å². The van der Waals surface area contributed by atoms with Crippen molar-refractivity contribution in [1.29, 1.82) is 0 Å². The number of halogens is 2. The Labute approximate surface area is 121 Å². The van der Waals surface area contributed by atoms with E-state index in [1.165, 1.54) is 6.07 Å². The van der Waals surface area contributed by atoms with Gasteiger partial charge < -0.3 is 10.1 Å². The maximum Gasteiger partial charge on any atom is 0.305 e. The lowest BCUT2D eigenvalue weighted by Gasteiger charge is -2.08. The number of esters is 1. The standard InChI is InChI=1S/C14H19BrFNO2/c1-2-19-14(18)6-4-3-5-9-17-13-10-11(15)7-8-12(13)16/h7-8,10,17H,2-6,9H2,1H3. The minimum absolute atomic E-state index is 0.145. The first-order valence-corrected chi connectivity index (χ1v) is 7.27. The Morgan fingerprint density at radius 2 is 2.16 bits per heavy atom. The molecule has 1 aromatic rings. The van der Waals surface area contributed by atoms with Crippen LogP contribution >= 0.6 is 15.9 Å². The molecule has 0 bridgehead atoms. The summed E-state index contributed by atoms with van der Waals surface area (Å²) in [6.07, 6.45) is 3.08. The summed E-state index contributed by atoms with van der Waals surface area (Å²) in [5.41, 5.74) is 0.500. The van der Waals surface area contributed by atoms with Crippen LogP contribution in [0.3, 0.4) is 0 Å². The largest absolute Gasteiger partial charge is 0.466 e. The van der Waals surface area contributed by atoms with Crippen molar-refractivity contribution in [2.24, 2.45) is 0 Å². The molecule has 0 aliphatic heterocycles. The molecule has 0 spiro atoms. The quantitative estimate of drug-likeness (QED) is 0.575. The lowest BCUT2D eigenvalue weighted by molar-refractivity contribution is -0.143. The maximum absolute atomic E-state index is 13.4. The normalized spacial score (nSPS) is 10.3. The molecule has 1 aromatic carbocycles. The summed E-state index contributed by atoms with van der Waals surface area (Å²) in [5.74, 6) is -0.400. The summed E-state index contributed by atoms with van der Waals surface area (Å²) < 4.78 is 19.1. The molecule has 0 fully saturated rings. The van der Waals surface area contributed by atoms with Crippen molar-refractivity contribution in [1.82, 2.24) is 0 Å². The molecule has 0 saturated carbocycles. The van der Waals surface area contributed by atoms with Crippen molar-refractivity contribution >= 4 is 27.6 Å². The van der Waals surface area contributed by atoms with Crippen LogP contribution in [0.15, 0.2) is 22.7 Å². The SMILES string of the molecule is CCOC(=O)CCCCCNc1cc(Br)ccc1F. The van der Waals surface area contributed by atoms with Gasteiger partial charge in [0, 0.05) is 17.4 Å². The van der Waals surface area contributed by atoms with Crippen molar-refractivity contribution in [2.45, 2.75) is 32.6 Å². The molecular formula is C14H19BrFNO2. The van der Waals surface area contributed by atoms with Crippen LogP contribution in [0, 0.1) is 5.82 Å². The van der Waals surface area contributed by atoms with E-state index in [-0.39, 0.29) is 11.8 Å². The van der Waals surface area contributed by atoms with Gasteiger partial charge in [-0.25, -0.2) is 4.39 Å². The van der Waals surface area contributed by atoms with Gasteiger partial charge in [-0.1, -0.05) is 22.4 Å². The van der Waals surface area contributed by atoms with Gasteiger partial charge in [0.25, 0.3) is 0 Å². The number of hydrogen-bond donors (Lipinski definition) is 1. The van der Waals surface area contributed by atoms with E-state index in [2.05, 4.69) is 21.2 Å². The van der Waals surface area contributed by atoms with Gasteiger partial charge in [-0.05, 0) is 38.0 Å². The number of unbranched alkanes of at least 4 members (excludes halogenated alkanes) is 2. The van der Waals surface area contributed by atoms with Gasteiger partial charge >= 0.3 is 5.97 Å². The van der Waals surface area contributed by atoms with Crippen molar-refractivity contribution in [2.75, 3.05) is 18.5 Å². The van der Waals surface area contributed by atoms with E-state index in [9.17, 15) is 9.18 Å². The predicted octanol–water partition coefficient (Wildman–Crippen LogP) is 4.12. The summed E-state index contributed by atoms with van der Waals surface area (Å²) >= 11 is 3.30. The number of rotatable bonds is 8. The van der Waals surface area contributed by atoms with Crippen molar-refractivity contribution in [3.8, 4) is 0 Å². The van der Waals surface area contributed by atoms with E-state index in [1.807, 2.05) is 0 Å². The molecule has 0 radical (unpaired) electrons. The highest BCUT2D eigenvalue weighted by molar-refractivity contribution is 9.10. The van der Waals surface area contributed by atoms with E-state index in [4.69, 9.17) is 4.74 Å². The molecule has 106 valence electrons. The van der Waals surface area contributed by atoms with Crippen LogP contribution in [0.25, 0.3) is 0 Å². The maximum atomic E-state index is 13.4. The lowest BCUT2D eigenvalue weighted by atomic mass is 10.2. The summed E-state index contributed by atoms with van der Waals surface area (Å²) in [7, 11) is 0. The number of anilines is 1. The zero-order chi connectivity index (χ0) is 14.1. The second-order valence-electron chi connectivity index (χ2n) is 4.17. The summed E-state index contributed by atoms with van der Waals surface area (Å²) in [6, 6.07) is 4.81. The number of benzene rings is 1. The molecule has 3 nitrogen and oxygen atoms in total. The minimum Gasteiger partial charge on any atom is -0.466 e. The van der Waals surface area contributed by atoms with Crippen LogP contribution in [0.4, 0.5) is 10.1 Å². The molecule has 0 atom stereocenters. The Hall–Kier alpha value is -1.10. The fourth-order valence-corrected chi connectivity index (χ4v) is 2.02. The number of carbonyl (C=O) groups is 1. The fraction of sp³-hybridized carbons (Fsp3) is 0.500.